The van der Waals surface area contributed by atoms with Gasteiger partial charge < -0.3 is 4.90 Å². The number of hydrogen-bond donors (Lipinski definition) is 1. The monoisotopic (exact) mass is 253 g/mol. The molecule has 17 heavy (non-hydrogen) atoms. The molecule has 0 N–H and O–H groups in total. The molecule has 94 valence electrons. The molecule has 0 radical (unpaired) electrons. The lowest BCUT2D eigenvalue weighted by Gasteiger charge is -2.20. The van der Waals surface area contributed by atoms with E-state index >= 15 is 0 Å². The molecule has 0 aliphatic heterocycles. The van der Waals surface area contributed by atoms with Crippen molar-refractivity contribution in [2.24, 2.45) is 0 Å². The zero-order chi connectivity index (χ0) is 12.7. The van der Waals surface area contributed by atoms with Crippen LogP contribution in [0, 0.1) is 0 Å². The molecule has 5 heteroatoms. The number of nitrogens with zero attached hydrogens (tertiary/aromatic N) is 3. The first-order valence-electron chi connectivity index (χ1n) is 5.80. The summed E-state index contributed by atoms with van der Waals surface area (Å²) in [7, 11) is 0. The van der Waals surface area contributed by atoms with Gasteiger partial charge in [-0.3, -0.25) is 4.79 Å². The average molecular weight is 253 g/mol. The van der Waals surface area contributed by atoms with Crippen LogP contribution in [0.1, 0.15) is 13.8 Å². The molecule has 0 fully saturated rings. The molecule has 0 unspecified atom stereocenters. The average Bonchev–Trinajstić information content (AvgIpc) is 2.33. The third-order valence-electron chi connectivity index (χ3n) is 2.53. The lowest BCUT2D eigenvalue weighted by atomic mass is 10.4. The summed E-state index contributed by atoms with van der Waals surface area (Å²) in [5.41, 5.74) is 0.813. The summed E-state index contributed by atoms with van der Waals surface area (Å²) >= 11 is 4.06. The molecule has 0 amide bonds. The first-order valence-corrected chi connectivity index (χ1v) is 6.44. The highest BCUT2D eigenvalue weighted by molar-refractivity contribution is 7.80. The number of allylic oxidation sites excluding steroid dienone is 1. The molecular formula is C12H19N3OS. The van der Waals surface area contributed by atoms with E-state index in [1.807, 2.05) is 12.2 Å². The van der Waals surface area contributed by atoms with Crippen molar-refractivity contribution in [3.05, 3.63) is 34.8 Å². The normalized spacial score (nSPS) is 11.0. The van der Waals surface area contributed by atoms with Gasteiger partial charge in [-0.05, 0) is 13.8 Å². The third-order valence-corrected chi connectivity index (χ3v) is 2.74. The molecule has 0 saturated heterocycles. The molecule has 0 bridgehead atoms. The van der Waals surface area contributed by atoms with Crippen molar-refractivity contribution in [3.63, 3.8) is 0 Å². The van der Waals surface area contributed by atoms with Crippen LogP contribution >= 0.6 is 12.6 Å². The van der Waals surface area contributed by atoms with Gasteiger partial charge >= 0.3 is 0 Å². The Labute approximate surface area is 107 Å². The Kier molecular flexibility index (Phi) is 5.83. The number of thiol groups is 1. The molecule has 0 aliphatic rings. The molecule has 0 atom stereocenters. The molecule has 1 aromatic rings. The van der Waals surface area contributed by atoms with Gasteiger partial charge in [-0.15, -0.1) is 0 Å². The van der Waals surface area contributed by atoms with Crippen LogP contribution in [-0.4, -0.2) is 28.6 Å². The second kappa shape index (κ2) is 7.17. The van der Waals surface area contributed by atoms with Gasteiger partial charge in [0.25, 0.3) is 5.56 Å². The van der Waals surface area contributed by atoms with Crippen molar-refractivity contribution < 1.29 is 0 Å². The van der Waals surface area contributed by atoms with Crippen LogP contribution in [-0.2, 0) is 6.54 Å². The Morgan fingerprint density at radius 1 is 1.41 bits per heavy atom. The van der Waals surface area contributed by atoms with Crippen molar-refractivity contribution in [2.45, 2.75) is 20.4 Å². The third kappa shape index (κ3) is 3.93. The molecule has 0 aliphatic carbocycles. The van der Waals surface area contributed by atoms with Gasteiger partial charge in [0.2, 0.25) is 0 Å². The topological polar surface area (TPSA) is 38.1 Å². The minimum Gasteiger partial charge on any atom is -0.371 e. The Morgan fingerprint density at radius 2 is 2.12 bits per heavy atom. The SMILES string of the molecule is CCN(CC)c1cnn(C/C=C/CS)c(=O)c1. The lowest BCUT2D eigenvalue weighted by molar-refractivity contribution is 0.648. The smallest absolute Gasteiger partial charge is 0.269 e. The zero-order valence-electron chi connectivity index (χ0n) is 10.3. The van der Waals surface area contributed by atoms with Gasteiger partial charge in [-0.2, -0.15) is 17.7 Å². The van der Waals surface area contributed by atoms with E-state index in [4.69, 9.17) is 0 Å². The van der Waals surface area contributed by atoms with E-state index in [1.54, 1.807) is 12.3 Å². The van der Waals surface area contributed by atoms with Crippen LogP contribution in [0.4, 0.5) is 5.69 Å². The summed E-state index contributed by atoms with van der Waals surface area (Å²) in [5, 5.41) is 4.15. The molecule has 4 nitrogen and oxygen atoms in total. The molecule has 1 rings (SSSR count). The Bertz CT molecular complexity index is 424. The summed E-state index contributed by atoms with van der Waals surface area (Å²) in [4.78, 5) is 13.9. The molecule has 0 aromatic carbocycles. The fourth-order valence-electron chi connectivity index (χ4n) is 1.57. The van der Waals surface area contributed by atoms with Gasteiger partial charge in [-0.1, -0.05) is 12.2 Å². The van der Waals surface area contributed by atoms with Crippen LogP contribution in [0.2, 0.25) is 0 Å². The molecule has 0 spiro atoms. The maximum absolute atomic E-state index is 11.8. The highest BCUT2D eigenvalue weighted by atomic mass is 32.1. The number of rotatable bonds is 6. The van der Waals surface area contributed by atoms with Gasteiger partial charge in [0.1, 0.15) is 0 Å². The van der Waals surface area contributed by atoms with E-state index in [0.717, 1.165) is 18.8 Å². The number of aromatic nitrogens is 2. The zero-order valence-corrected chi connectivity index (χ0v) is 11.2. The minimum atomic E-state index is -0.0711. The molecule has 1 aromatic heterocycles. The first kappa shape index (κ1) is 13.8. The lowest BCUT2D eigenvalue weighted by Crippen LogP contribution is -2.27. The second-order valence-corrected chi connectivity index (χ2v) is 3.93. The van der Waals surface area contributed by atoms with E-state index in [2.05, 4.69) is 36.5 Å². The fourth-order valence-corrected chi connectivity index (χ4v) is 1.72. The maximum Gasteiger partial charge on any atom is 0.269 e. The van der Waals surface area contributed by atoms with Crippen molar-refractivity contribution in [2.75, 3.05) is 23.7 Å². The number of anilines is 1. The second-order valence-electron chi connectivity index (χ2n) is 3.56. The Balaban J connectivity index is 2.86. The standard InChI is InChI=1S/C12H19N3OS/c1-3-14(4-2)11-9-12(16)15(13-10-11)7-5-6-8-17/h5-6,9-10,17H,3-4,7-8H2,1-2H3/b6-5+. The first-order chi connectivity index (χ1) is 8.22. The van der Waals surface area contributed by atoms with Gasteiger partial charge in [0.05, 0.1) is 18.4 Å². The van der Waals surface area contributed by atoms with Crippen LogP contribution in [0.15, 0.2) is 29.2 Å². The highest BCUT2D eigenvalue weighted by Crippen LogP contribution is 2.07. The summed E-state index contributed by atoms with van der Waals surface area (Å²) in [6, 6.07) is 1.63. The van der Waals surface area contributed by atoms with Crippen molar-refractivity contribution >= 4 is 18.3 Å². The van der Waals surface area contributed by atoms with Crippen LogP contribution in [0.25, 0.3) is 0 Å². The van der Waals surface area contributed by atoms with E-state index in [-0.39, 0.29) is 5.56 Å². The summed E-state index contributed by atoms with van der Waals surface area (Å²) in [6.45, 7) is 6.37. The van der Waals surface area contributed by atoms with E-state index in [0.29, 0.717) is 12.3 Å². The number of hydrogen-bond acceptors (Lipinski definition) is 4. The van der Waals surface area contributed by atoms with Crippen LogP contribution < -0.4 is 10.5 Å². The van der Waals surface area contributed by atoms with Crippen LogP contribution in [0.5, 0.6) is 0 Å². The Morgan fingerprint density at radius 3 is 2.65 bits per heavy atom. The van der Waals surface area contributed by atoms with Gasteiger partial charge in [-0.25, -0.2) is 4.68 Å². The highest BCUT2D eigenvalue weighted by Gasteiger charge is 2.04. The molecule has 1 heterocycles. The summed E-state index contributed by atoms with van der Waals surface area (Å²) in [5.74, 6) is 0.673. The largest absolute Gasteiger partial charge is 0.371 e. The predicted molar refractivity (Wildman–Crippen MR) is 75.1 cm³/mol. The van der Waals surface area contributed by atoms with Crippen molar-refractivity contribution in [1.29, 1.82) is 0 Å². The van der Waals surface area contributed by atoms with Crippen molar-refractivity contribution in [3.8, 4) is 0 Å². The van der Waals surface area contributed by atoms with Gasteiger partial charge in [0.15, 0.2) is 0 Å². The van der Waals surface area contributed by atoms with Gasteiger partial charge in [0, 0.05) is 24.9 Å². The quantitative estimate of drug-likeness (QED) is 0.618. The molecular weight excluding hydrogens is 234 g/mol. The van der Waals surface area contributed by atoms with E-state index < -0.39 is 0 Å². The summed E-state index contributed by atoms with van der Waals surface area (Å²) < 4.78 is 1.44. The summed E-state index contributed by atoms with van der Waals surface area (Å²) in [6.07, 6.45) is 5.52. The minimum absolute atomic E-state index is 0.0711. The van der Waals surface area contributed by atoms with E-state index in [1.165, 1.54) is 4.68 Å². The maximum atomic E-state index is 11.8. The Hall–Kier alpha value is -1.23. The molecule has 0 saturated carbocycles. The fraction of sp³-hybridized carbons (Fsp3) is 0.500. The van der Waals surface area contributed by atoms with Crippen molar-refractivity contribution in [1.82, 2.24) is 9.78 Å². The van der Waals surface area contributed by atoms with E-state index in [9.17, 15) is 4.79 Å². The van der Waals surface area contributed by atoms with Crippen LogP contribution in [0.3, 0.4) is 0 Å². The predicted octanol–water partition coefficient (Wildman–Crippen LogP) is 1.58.